The Hall–Kier alpha value is -3.56. The average Bonchev–Trinajstić information content (AvgIpc) is 3.19. The Morgan fingerprint density at radius 3 is 2.74 bits per heavy atom. The molecule has 0 unspecified atom stereocenters. The molecule has 0 aliphatic carbocycles. The Labute approximate surface area is 180 Å². The molecule has 1 amide bonds. The molecule has 3 aromatic rings. The minimum Gasteiger partial charge on any atom is -0.444 e. The molecule has 0 bridgehead atoms. The molecule has 10 nitrogen and oxygen atoms in total. The summed E-state index contributed by atoms with van der Waals surface area (Å²) in [5.41, 5.74) is 3.17. The van der Waals surface area contributed by atoms with Crippen LogP contribution in [0.15, 0.2) is 42.0 Å². The summed E-state index contributed by atoms with van der Waals surface area (Å²) >= 11 is 0. The predicted octanol–water partition coefficient (Wildman–Crippen LogP) is 3.26. The number of hydrogen-bond donors (Lipinski definition) is 1. The number of piperidine rings is 1. The van der Waals surface area contributed by atoms with Crippen LogP contribution in [-0.2, 0) is 4.74 Å². The fourth-order valence-electron chi connectivity index (χ4n) is 3.34. The highest BCUT2D eigenvalue weighted by atomic mass is 16.6. The zero-order chi connectivity index (χ0) is 21.8. The van der Waals surface area contributed by atoms with Crippen LogP contribution in [0, 0.1) is 5.92 Å². The first-order valence-electron chi connectivity index (χ1n) is 10.3. The second-order valence-corrected chi connectivity index (χ2v) is 8.40. The molecule has 1 fully saturated rings. The molecule has 1 aliphatic heterocycles. The summed E-state index contributed by atoms with van der Waals surface area (Å²) < 4.78 is 7.11. The van der Waals surface area contributed by atoms with Crippen LogP contribution in [0.25, 0.3) is 16.9 Å². The summed E-state index contributed by atoms with van der Waals surface area (Å²) in [5, 5.41) is 9.51. The average molecular weight is 422 g/mol. The summed E-state index contributed by atoms with van der Waals surface area (Å²) in [4.78, 5) is 26.9. The van der Waals surface area contributed by atoms with Crippen LogP contribution < -0.4 is 5.43 Å². The molecule has 10 heteroatoms. The number of nitrogens with one attached hydrogen (secondary N) is 1. The van der Waals surface area contributed by atoms with E-state index >= 15 is 0 Å². The van der Waals surface area contributed by atoms with Crippen molar-refractivity contribution in [3.05, 3.63) is 36.9 Å². The quantitative estimate of drug-likeness (QED) is 0.507. The summed E-state index contributed by atoms with van der Waals surface area (Å²) in [7, 11) is 0. The number of hydrogen-bond acceptors (Lipinski definition) is 8. The van der Waals surface area contributed by atoms with Gasteiger partial charge in [0.2, 0.25) is 0 Å². The molecule has 3 aromatic heterocycles. The van der Waals surface area contributed by atoms with Crippen LogP contribution in [0.5, 0.6) is 0 Å². The molecular formula is C21H26N8O2. The Kier molecular flexibility index (Phi) is 5.79. The maximum absolute atomic E-state index is 12.2. The fraction of sp³-hybridized carbons (Fsp3) is 0.429. The zero-order valence-corrected chi connectivity index (χ0v) is 17.9. The minimum atomic E-state index is -0.480. The number of carbonyl (C=O) groups is 1. The summed E-state index contributed by atoms with van der Waals surface area (Å²) in [6.45, 7) is 6.93. The SMILES string of the molecule is CC(C)(C)OC(=O)N1CCC(/C=N\Nc2ncnc3c2cnn3-c2ccccn2)CC1. The number of amides is 1. The number of hydrazone groups is 1. The molecule has 4 heterocycles. The van der Waals surface area contributed by atoms with Crippen molar-refractivity contribution in [3.63, 3.8) is 0 Å². The number of fused-ring (bicyclic) bond motifs is 1. The third-order valence-electron chi connectivity index (χ3n) is 4.88. The Morgan fingerprint density at radius 2 is 2.03 bits per heavy atom. The Balaban J connectivity index is 1.37. The van der Waals surface area contributed by atoms with Crippen LogP contribution in [0.1, 0.15) is 33.6 Å². The first-order chi connectivity index (χ1) is 14.9. The molecule has 0 radical (unpaired) electrons. The van der Waals surface area contributed by atoms with E-state index in [1.54, 1.807) is 22.0 Å². The fourth-order valence-corrected chi connectivity index (χ4v) is 3.34. The highest BCUT2D eigenvalue weighted by Crippen LogP contribution is 2.21. The molecule has 0 spiro atoms. The van der Waals surface area contributed by atoms with E-state index in [-0.39, 0.29) is 12.0 Å². The molecule has 1 saturated heterocycles. The van der Waals surface area contributed by atoms with E-state index in [1.165, 1.54) is 6.33 Å². The third kappa shape index (κ3) is 4.96. The van der Waals surface area contributed by atoms with Crippen molar-refractivity contribution >= 4 is 29.2 Å². The number of anilines is 1. The number of ether oxygens (including phenoxy) is 1. The molecule has 162 valence electrons. The molecule has 0 saturated carbocycles. The van der Waals surface area contributed by atoms with Gasteiger partial charge in [-0.15, -0.1) is 0 Å². The normalized spacial score (nSPS) is 15.5. The standard InChI is InChI=1S/C21H26N8O2/c1-21(2,3)31-20(30)28-10-7-15(8-11-28)12-25-27-18-16-13-26-29(19(16)24-14-23-18)17-6-4-5-9-22-17/h4-6,9,12-15H,7-8,10-11H2,1-3H3,(H,23,24,27)/b25-12-. The maximum atomic E-state index is 12.2. The molecule has 4 rings (SSSR count). The van der Waals surface area contributed by atoms with Gasteiger partial charge in [0.25, 0.3) is 0 Å². The summed E-state index contributed by atoms with van der Waals surface area (Å²) in [6.07, 6.45) is 8.17. The first kappa shape index (κ1) is 20.7. The van der Waals surface area contributed by atoms with Gasteiger partial charge in [-0.2, -0.15) is 14.9 Å². The van der Waals surface area contributed by atoms with Gasteiger partial charge in [-0.1, -0.05) is 6.07 Å². The number of carbonyl (C=O) groups excluding carboxylic acids is 1. The van der Waals surface area contributed by atoms with Gasteiger partial charge in [0.05, 0.1) is 11.6 Å². The van der Waals surface area contributed by atoms with E-state index in [4.69, 9.17) is 4.74 Å². The van der Waals surface area contributed by atoms with Crippen LogP contribution in [-0.4, -0.2) is 60.6 Å². The lowest BCUT2D eigenvalue weighted by Crippen LogP contribution is -2.42. The van der Waals surface area contributed by atoms with Crippen LogP contribution in [0.3, 0.4) is 0 Å². The lowest BCUT2D eigenvalue weighted by atomic mass is 9.99. The van der Waals surface area contributed by atoms with Crippen LogP contribution in [0.2, 0.25) is 0 Å². The van der Waals surface area contributed by atoms with Crippen molar-refractivity contribution in [1.29, 1.82) is 0 Å². The predicted molar refractivity (Wildman–Crippen MR) is 117 cm³/mol. The lowest BCUT2D eigenvalue weighted by Gasteiger charge is -2.32. The Bertz CT molecular complexity index is 1070. The van der Waals surface area contributed by atoms with Gasteiger partial charge in [0.15, 0.2) is 17.3 Å². The number of rotatable bonds is 4. The van der Waals surface area contributed by atoms with Crippen molar-refractivity contribution < 1.29 is 9.53 Å². The van der Waals surface area contributed by atoms with Crippen molar-refractivity contribution in [3.8, 4) is 5.82 Å². The van der Waals surface area contributed by atoms with E-state index in [0.29, 0.717) is 30.4 Å². The van der Waals surface area contributed by atoms with Crippen molar-refractivity contribution in [2.75, 3.05) is 18.5 Å². The van der Waals surface area contributed by atoms with Crippen LogP contribution >= 0.6 is 0 Å². The van der Waals surface area contributed by atoms with Crippen molar-refractivity contribution in [1.82, 2.24) is 29.6 Å². The Morgan fingerprint density at radius 1 is 1.23 bits per heavy atom. The highest BCUT2D eigenvalue weighted by molar-refractivity contribution is 5.87. The molecule has 0 aromatic carbocycles. The first-order valence-corrected chi connectivity index (χ1v) is 10.3. The summed E-state index contributed by atoms with van der Waals surface area (Å²) in [5.74, 6) is 1.54. The van der Waals surface area contributed by atoms with Gasteiger partial charge in [0, 0.05) is 25.5 Å². The van der Waals surface area contributed by atoms with Gasteiger partial charge in [-0.05, 0) is 51.7 Å². The van der Waals surface area contributed by atoms with E-state index < -0.39 is 5.60 Å². The number of pyridine rings is 1. The van der Waals surface area contributed by atoms with Crippen molar-refractivity contribution in [2.45, 2.75) is 39.2 Å². The highest BCUT2D eigenvalue weighted by Gasteiger charge is 2.26. The van der Waals surface area contributed by atoms with E-state index in [1.807, 2.05) is 45.2 Å². The number of likely N-dealkylation sites (tertiary alicyclic amines) is 1. The van der Waals surface area contributed by atoms with E-state index in [9.17, 15) is 4.79 Å². The maximum Gasteiger partial charge on any atom is 0.410 e. The molecule has 0 atom stereocenters. The second kappa shape index (κ2) is 8.66. The van der Waals surface area contributed by atoms with Gasteiger partial charge < -0.3 is 9.64 Å². The summed E-state index contributed by atoms with van der Waals surface area (Å²) in [6, 6.07) is 5.61. The topological polar surface area (TPSA) is 110 Å². The second-order valence-electron chi connectivity index (χ2n) is 8.40. The molecule has 31 heavy (non-hydrogen) atoms. The number of nitrogens with zero attached hydrogens (tertiary/aromatic N) is 7. The lowest BCUT2D eigenvalue weighted by molar-refractivity contribution is 0.0203. The van der Waals surface area contributed by atoms with Gasteiger partial charge in [-0.3, -0.25) is 5.43 Å². The van der Waals surface area contributed by atoms with Gasteiger partial charge in [0.1, 0.15) is 11.9 Å². The van der Waals surface area contributed by atoms with Gasteiger partial charge in [-0.25, -0.2) is 19.7 Å². The van der Waals surface area contributed by atoms with E-state index in [0.717, 1.165) is 18.2 Å². The molecule has 1 N–H and O–H groups in total. The number of aromatic nitrogens is 5. The third-order valence-corrected chi connectivity index (χ3v) is 4.88. The minimum absolute atomic E-state index is 0.255. The van der Waals surface area contributed by atoms with Crippen molar-refractivity contribution in [2.24, 2.45) is 11.0 Å². The zero-order valence-electron chi connectivity index (χ0n) is 17.9. The van der Waals surface area contributed by atoms with Crippen LogP contribution in [0.4, 0.5) is 10.6 Å². The molecule has 1 aliphatic rings. The van der Waals surface area contributed by atoms with Gasteiger partial charge >= 0.3 is 6.09 Å². The monoisotopic (exact) mass is 422 g/mol. The smallest absolute Gasteiger partial charge is 0.410 e. The van der Waals surface area contributed by atoms with E-state index in [2.05, 4.69) is 30.6 Å². The molecular weight excluding hydrogens is 396 g/mol. The largest absolute Gasteiger partial charge is 0.444 e.